The van der Waals surface area contributed by atoms with Crippen LogP contribution in [0.5, 0.6) is 0 Å². The summed E-state index contributed by atoms with van der Waals surface area (Å²) in [5, 5.41) is 3.46. The zero-order chi connectivity index (χ0) is 13.7. The molecule has 1 saturated heterocycles. The van der Waals surface area contributed by atoms with Crippen LogP contribution in [0.25, 0.3) is 0 Å². The van der Waals surface area contributed by atoms with Crippen molar-refractivity contribution in [2.75, 3.05) is 32.8 Å². The second-order valence-corrected chi connectivity index (χ2v) is 5.22. The van der Waals surface area contributed by atoms with Crippen molar-refractivity contribution in [1.82, 2.24) is 10.2 Å². The van der Waals surface area contributed by atoms with Crippen LogP contribution in [0.2, 0.25) is 0 Å². The lowest BCUT2D eigenvalue weighted by molar-refractivity contribution is 0.0339. The van der Waals surface area contributed by atoms with Crippen molar-refractivity contribution in [3.8, 4) is 0 Å². The van der Waals surface area contributed by atoms with Crippen LogP contribution in [0, 0.1) is 5.82 Å². The van der Waals surface area contributed by atoms with Crippen molar-refractivity contribution in [3.05, 3.63) is 35.6 Å². The van der Waals surface area contributed by atoms with E-state index in [1.807, 2.05) is 19.1 Å². The summed E-state index contributed by atoms with van der Waals surface area (Å²) in [6.45, 7) is 8.73. The first-order valence-corrected chi connectivity index (χ1v) is 6.97. The Hall–Kier alpha value is -0.970. The second kappa shape index (κ2) is 6.98. The molecule has 0 saturated carbocycles. The van der Waals surface area contributed by atoms with Gasteiger partial charge in [0.05, 0.1) is 13.2 Å². The number of rotatable bonds is 5. The predicted molar refractivity (Wildman–Crippen MR) is 74.7 cm³/mol. The molecule has 2 unspecified atom stereocenters. The van der Waals surface area contributed by atoms with E-state index in [9.17, 15) is 4.39 Å². The summed E-state index contributed by atoms with van der Waals surface area (Å²) in [7, 11) is 0. The largest absolute Gasteiger partial charge is 0.379 e. The van der Waals surface area contributed by atoms with Gasteiger partial charge < -0.3 is 10.1 Å². The van der Waals surface area contributed by atoms with Gasteiger partial charge >= 0.3 is 0 Å². The summed E-state index contributed by atoms with van der Waals surface area (Å²) in [5.74, 6) is -0.138. The Balaban J connectivity index is 1.84. The maximum Gasteiger partial charge on any atom is 0.127 e. The van der Waals surface area contributed by atoms with Gasteiger partial charge in [0, 0.05) is 37.3 Å². The third kappa shape index (κ3) is 4.27. The van der Waals surface area contributed by atoms with Crippen LogP contribution in [-0.2, 0) is 4.74 Å². The zero-order valence-corrected chi connectivity index (χ0v) is 11.7. The van der Waals surface area contributed by atoms with Crippen LogP contribution in [0.1, 0.15) is 25.5 Å². The van der Waals surface area contributed by atoms with Crippen LogP contribution in [0.4, 0.5) is 4.39 Å². The first-order chi connectivity index (χ1) is 9.16. The molecule has 0 radical (unpaired) electrons. The molecule has 1 aliphatic heterocycles. The van der Waals surface area contributed by atoms with Gasteiger partial charge in [0.1, 0.15) is 5.82 Å². The molecular weight excluding hydrogens is 243 g/mol. The number of nitrogens with zero attached hydrogens (tertiary/aromatic N) is 1. The molecule has 19 heavy (non-hydrogen) atoms. The van der Waals surface area contributed by atoms with Gasteiger partial charge in [-0.1, -0.05) is 18.2 Å². The second-order valence-electron chi connectivity index (χ2n) is 5.22. The molecule has 2 atom stereocenters. The predicted octanol–water partition coefficient (Wildman–Crippen LogP) is 2.20. The molecule has 106 valence electrons. The van der Waals surface area contributed by atoms with Gasteiger partial charge in [-0.25, -0.2) is 4.39 Å². The van der Waals surface area contributed by atoms with Crippen LogP contribution in [-0.4, -0.2) is 43.8 Å². The van der Waals surface area contributed by atoms with E-state index in [0.717, 1.165) is 38.4 Å². The Morgan fingerprint density at radius 2 is 1.95 bits per heavy atom. The number of morpholine rings is 1. The molecule has 1 fully saturated rings. The minimum atomic E-state index is -0.138. The number of hydrogen-bond donors (Lipinski definition) is 1. The maximum absolute atomic E-state index is 13.7. The van der Waals surface area contributed by atoms with Crippen LogP contribution in [0.15, 0.2) is 24.3 Å². The zero-order valence-electron chi connectivity index (χ0n) is 11.7. The molecule has 1 heterocycles. The molecule has 1 aromatic rings. The van der Waals surface area contributed by atoms with Crippen molar-refractivity contribution in [2.45, 2.75) is 25.9 Å². The van der Waals surface area contributed by atoms with E-state index in [1.165, 1.54) is 6.07 Å². The highest BCUT2D eigenvalue weighted by atomic mass is 19.1. The summed E-state index contributed by atoms with van der Waals surface area (Å²) in [6.07, 6.45) is 0. The van der Waals surface area contributed by atoms with E-state index in [1.54, 1.807) is 6.07 Å². The van der Waals surface area contributed by atoms with Gasteiger partial charge in [-0.05, 0) is 19.9 Å². The van der Waals surface area contributed by atoms with Crippen molar-refractivity contribution < 1.29 is 9.13 Å². The fourth-order valence-electron chi connectivity index (χ4n) is 2.57. The molecule has 1 N–H and O–H groups in total. The van der Waals surface area contributed by atoms with Crippen molar-refractivity contribution in [2.24, 2.45) is 0 Å². The SMILES string of the molecule is CC(CN1CCOCC1)NC(C)c1ccccc1F. The molecule has 0 bridgehead atoms. The van der Waals surface area contributed by atoms with Crippen molar-refractivity contribution in [3.63, 3.8) is 0 Å². The maximum atomic E-state index is 13.7. The van der Waals surface area contributed by atoms with Crippen LogP contribution < -0.4 is 5.32 Å². The molecule has 4 heteroatoms. The molecular formula is C15H23FN2O. The highest BCUT2D eigenvalue weighted by molar-refractivity contribution is 5.20. The first-order valence-electron chi connectivity index (χ1n) is 6.97. The molecule has 0 amide bonds. The lowest BCUT2D eigenvalue weighted by Gasteiger charge is -2.30. The van der Waals surface area contributed by atoms with Gasteiger partial charge in [0.15, 0.2) is 0 Å². The minimum Gasteiger partial charge on any atom is -0.379 e. The Bertz CT molecular complexity index is 393. The monoisotopic (exact) mass is 266 g/mol. The molecule has 1 aliphatic rings. The van der Waals surface area contributed by atoms with E-state index < -0.39 is 0 Å². The summed E-state index contributed by atoms with van der Waals surface area (Å²) >= 11 is 0. The van der Waals surface area contributed by atoms with Crippen LogP contribution in [0.3, 0.4) is 0 Å². The number of benzene rings is 1. The first kappa shape index (κ1) is 14.4. The molecule has 0 spiro atoms. The Morgan fingerprint density at radius 3 is 2.63 bits per heavy atom. The molecule has 0 aromatic heterocycles. The Labute approximate surface area is 114 Å². The smallest absolute Gasteiger partial charge is 0.127 e. The highest BCUT2D eigenvalue weighted by Gasteiger charge is 2.16. The standard InChI is InChI=1S/C15H23FN2O/c1-12(11-18-7-9-19-10-8-18)17-13(2)14-5-3-4-6-15(14)16/h3-6,12-13,17H,7-11H2,1-2H3. The van der Waals surface area contributed by atoms with E-state index in [-0.39, 0.29) is 11.9 Å². The van der Waals surface area contributed by atoms with E-state index in [0.29, 0.717) is 6.04 Å². The highest BCUT2D eigenvalue weighted by Crippen LogP contribution is 2.16. The van der Waals surface area contributed by atoms with E-state index >= 15 is 0 Å². The molecule has 1 aromatic carbocycles. The van der Waals surface area contributed by atoms with E-state index in [4.69, 9.17) is 4.74 Å². The van der Waals surface area contributed by atoms with E-state index in [2.05, 4.69) is 17.1 Å². The van der Waals surface area contributed by atoms with Crippen molar-refractivity contribution in [1.29, 1.82) is 0 Å². The average molecular weight is 266 g/mol. The summed E-state index contributed by atoms with van der Waals surface area (Å²) in [5.41, 5.74) is 0.733. The minimum absolute atomic E-state index is 0.0252. The molecule has 3 nitrogen and oxygen atoms in total. The Morgan fingerprint density at radius 1 is 1.26 bits per heavy atom. The van der Waals surface area contributed by atoms with Gasteiger partial charge in [0.2, 0.25) is 0 Å². The number of hydrogen-bond acceptors (Lipinski definition) is 3. The summed E-state index contributed by atoms with van der Waals surface area (Å²) in [4.78, 5) is 2.38. The third-order valence-corrected chi connectivity index (χ3v) is 3.54. The van der Waals surface area contributed by atoms with Crippen molar-refractivity contribution >= 4 is 0 Å². The number of ether oxygens (including phenoxy) is 1. The quantitative estimate of drug-likeness (QED) is 0.884. The van der Waals surface area contributed by atoms with Gasteiger partial charge in [0.25, 0.3) is 0 Å². The number of nitrogens with one attached hydrogen (secondary N) is 1. The Kier molecular flexibility index (Phi) is 5.31. The van der Waals surface area contributed by atoms with Gasteiger partial charge in [-0.2, -0.15) is 0 Å². The average Bonchev–Trinajstić information content (AvgIpc) is 2.40. The van der Waals surface area contributed by atoms with Gasteiger partial charge in [-0.3, -0.25) is 4.90 Å². The molecule has 2 rings (SSSR count). The summed E-state index contributed by atoms with van der Waals surface area (Å²) in [6, 6.07) is 7.31. The molecule has 0 aliphatic carbocycles. The number of halogens is 1. The lowest BCUT2D eigenvalue weighted by Crippen LogP contribution is -2.45. The fraction of sp³-hybridized carbons (Fsp3) is 0.600. The third-order valence-electron chi connectivity index (χ3n) is 3.54. The van der Waals surface area contributed by atoms with Gasteiger partial charge in [-0.15, -0.1) is 0 Å². The van der Waals surface area contributed by atoms with Crippen LogP contribution >= 0.6 is 0 Å². The summed E-state index contributed by atoms with van der Waals surface area (Å²) < 4.78 is 19.0. The fourth-order valence-corrected chi connectivity index (χ4v) is 2.57. The topological polar surface area (TPSA) is 24.5 Å². The normalized spacial score (nSPS) is 20.2. The lowest BCUT2D eigenvalue weighted by atomic mass is 10.1.